The van der Waals surface area contributed by atoms with Crippen LogP contribution in [0.25, 0.3) is 0 Å². The first kappa shape index (κ1) is 17.0. The zero-order valence-electron chi connectivity index (χ0n) is 13.8. The zero-order chi connectivity index (χ0) is 14.1. The lowest BCUT2D eigenvalue weighted by Crippen LogP contribution is -2.31. The smallest absolute Gasteiger partial charge is 0.0465 e. The maximum Gasteiger partial charge on any atom is 0.0465 e. The largest absolute Gasteiger partial charge is 0.385 e. The normalized spacial score (nSPS) is 27.2. The molecule has 1 nitrogen and oxygen atoms in total. The Bertz CT molecular complexity index is 212. The van der Waals surface area contributed by atoms with E-state index in [1.807, 2.05) is 7.11 Å². The van der Waals surface area contributed by atoms with E-state index >= 15 is 0 Å². The summed E-state index contributed by atoms with van der Waals surface area (Å²) in [7, 11) is 1.85. The van der Waals surface area contributed by atoms with Crippen molar-refractivity contribution in [1.82, 2.24) is 0 Å². The molecule has 0 aromatic rings. The molecular weight excluding hydrogens is 232 g/mol. The van der Waals surface area contributed by atoms with E-state index in [0.717, 1.165) is 30.3 Å². The van der Waals surface area contributed by atoms with Gasteiger partial charge in [0.1, 0.15) is 0 Å². The number of methoxy groups -OCH3 is 1. The van der Waals surface area contributed by atoms with Crippen LogP contribution in [0.4, 0.5) is 0 Å². The molecule has 19 heavy (non-hydrogen) atoms. The Balaban J connectivity index is 2.68. The minimum Gasteiger partial charge on any atom is -0.385 e. The van der Waals surface area contributed by atoms with Crippen molar-refractivity contribution in [1.29, 1.82) is 0 Å². The van der Waals surface area contributed by atoms with E-state index in [0.29, 0.717) is 0 Å². The summed E-state index contributed by atoms with van der Waals surface area (Å²) in [5.74, 6) is 3.75. The van der Waals surface area contributed by atoms with E-state index in [1.54, 1.807) is 0 Å². The van der Waals surface area contributed by atoms with Crippen molar-refractivity contribution in [2.45, 2.75) is 78.6 Å². The average molecular weight is 268 g/mol. The predicted molar refractivity (Wildman–Crippen MR) is 84.4 cm³/mol. The summed E-state index contributed by atoms with van der Waals surface area (Å²) in [6.07, 6.45) is 12.7. The molecule has 0 aromatic carbocycles. The molecule has 4 atom stereocenters. The molecule has 114 valence electrons. The summed E-state index contributed by atoms with van der Waals surface area (Å²) in [6, 6.07) is 0. The molecule has 0 radical (unpaired) electrons. The molecule has 0 N–H and O–H groups in total. The Morgan fingerprint density at radius 3 is 2.42 bits per heavy atom. The zero-order valence-corrected chi connectivity index (χ0v) is 13.8. The number of ether oxygens (including phenoxy) is 1. The first-order chi connectivity index (χ1) is 9.24. The molecular formula is C18H36O. The molecule has 1 aliphatic carbocycles. The lowest BCUT2D eigenvalue weighted by Gasteiger charge is -2.40. The van der Waals surface area contributed by atoms with Crippen LogP contribution in [0.3, 0.4) is 0 Å². The Hall–Kier alpha value is -0.0400. The Morgan fingerprint density at radius 1 is 1.05 bits per heavy atom. The van der Waals surface area contributed by atoms with Gasteiger partial charge in [0.15, 0.2) is 0 Å². The maximum absolute atomic E-state index is 5.39. The summed E-state index contributed by atoms with van der Waals surface area (Å²) in [5.41, 5.74) is 0. The van der Waals surface area contributed by atoms with Gasteiger partial charge in [-0.2, -0.15) is 0 Å². The molecule has 1 saturated carbocycles. The quantitative estimate of drug-likeness (QED) is 0.522. The van der Waals surface area contributed by atoms with Gasteiger partial charge in [-0.05, 0) is 36.5 Å². The first-order valence-corrected chi connectivity index (χ1v) is 8.73. The van der Waals surface area contributed by atoms with Crippen LogP contribution in [0.5, 0.6) is 0 Å². The molecule has 1 fully saturated rings. The molecule has 0 heterocycles. The monoisotopic (exact) mass is 268 g/mol. The van der Waals surface area contributed by atoms with Crippen molar-refractivity contribution in [3.05, 3.63) is 0 Å². The first-order valence-electron chi connectivity index (χ1n) is 8.73. The number of rotatable bonds is 9. The molecule has 0 aromatic heterocycles. The van der Waals surface area contributed by atoms with Crippen LogP contribution in [-0.2, 0) is 4.74 Å². The highest BCUT2D eigenvalue weighted by molar-refractivity contribution is 4.83. The third-order valence-electron chi connectivity index (χ3n) is 5.31. The van der Waals surface area contributed by atoms with Crippen LogP contribution in [0, 0.1) is 23.7 Å². The van der Waals surface area contributed by atoms with Gasteiger partial charge in [-0.3, -0.25) is 0 Å². The summed E-state index contributed by atoms with van der Waals surface area (Å²) < 4.78 is 5.39. The highest BCUT2D eigenvalue weighted by atomic mass is 16.5. The van der Waals surface area contributed by atoms with Crippen molar-refractivity contribution in [3.63, 3.8) is 0 Å². The van der Waals surface area contributed by atoms with Crippen molar-refractivity contribution in [3.8, 4) is 0 Å². The number of hydrogen-bond acceptors (Lipinski definition) is 1. The van der Waals surface area contributed by atoms with Gasteiger partial charge in [0.2, 0.25) is 0 Å². The SMILES string of the molecule is CCCC(C)C(CCOC)[C@H]1CCCCC1CCC. The van der Waals surface area contributed by atoms with E-state index in [2.05, 4.69) is 20.8 Å². The Labute approximate surface area is 121 Å². The summed E-state index contributed by atoms with van der Waals surface area (Å²) in [6.45, 7) is 8.12. The lowest BCUT2D eigenvalue weighted by molar-refractivity contribution is 0.0748. The van der Waals surface area contributed by atoms with Crippen LogP contribution in [0.1, 0.15) is 78.6 Å². The molecule has 0 saturated heterocycles. The fourth-order valence-electron chi connectivity index (χ4n) is 4.37. The second kappa shape index (κ2) is 9.80. The topological polar surface area (TPSA) is 9.23 Å². The molecule has 0 aliphatic heterocycles. The van der Waals surface area contributed by atoms with E-state index in [1.165, 1.54) is 57.8 Å². The third kappa shape index (κ3) is 5.45. The van der Waals surface area contributed by atoms with Gasteiger partial charge in [-0.25, -0.2) is 0 Å². The van der Waals surface area contributed by atoms with Crippen molar-refractivity contribution in [2.24, 2.45) is 23.7 Å². The second-order valence-corrected chi connectivity index (χ2v) is 6.71. The summed E-state index contributed by atoms with van der Waals surface area (Å²) >= 11 is 0. The third-order valence-corrected chi connectivity index (χ3v) is 5.31. The highest BCUT2D eigenvalue weighted by Gasteiger charge is 2.33. The van der Waals surface area contributed by atoms with Gasteiger partial charge in [0.25, 0.3) is 0 Å². The molecule has 0 spiro atoms. The summed E-state index contributed by atoms with van der Waals surface area (Å²) in [5, 5.41) is 0. The number of hydrogen-bond donors (Lipinski definition) is 0. The minimum atomic E-state index is 0.877. The van der Waals surface area contributed by atoms with Crippen LogP contribution in [-0.4, -0.2) is 13.7 Å². The fourth-order valence-corrected chi connectivity index (χ4v) is 4.37. The molecule has 0 bridgehead atoms. The molecule has 1 aliphatic rings. The van der Waals surface area contributed by atoms with Gasteiger partial charge in [-0.1, -0.05) is 65.7 Å². The minimum absolute atomic E-state index is 0.877. The molecule has 1 heteroatoms. The highest BCUT2D eigenvalue weighted by Crippen LogP contribution is 2.42. The van der Waals surface area contributed by atoms with Crippen LogP contribution in [0.15, 0.2) is 0 Å². The van der Waals surface area contributed by atoms with Crippen molar-refractivity contribution >= 4 is 0 Å². The van der Waals surface area contributed by atoms with Crippen LogP contribution in [0.2, 0.25) is 0 Å². The van der Waals surface area contributed by atoms with Crippen molar-refractivity contribution < 1.29 is 4.74 Å². The second-order valence-electron chi connectivity index (χ2n) is 6.71. The van der Waals surface area contributed by atoms with Gasteiger partial charge in [-0.15, -0.1) is 0 Å². The van der Waals surface area contributed by atoms with Gasteiger partial charge < -0.3 is 4.74 Å². The standard InChI is InChI=1S/C18H36O/c1-5-9-15(3)17(13-14-19-4)18-12-8-7-11-16(18)10-6-2/h15-18H,5-14H2,1-4H3/t15?,16?,17?,18-/m0/s1. The average Bonchev–Trinajstić information content (AvgIpc) is 2.41. The Morgan fingerprint density at radius 2 is 1.79 bits per heavy atom. The predicted octanol–water partition coefficient (Wildman–Crippen LogP) is 5.68. The van der Waals surface area contributed by atoms with E-state index in [4.69, 9.17) is 4.74 Å². The fraction of sp³-hybridized carbons (Fsp3) is 1.00. The van der Waals surface area contributed by atoms with Gasteiger partial charge in [0.05, 0.1) is 0 Å². The Kier molecular flexibility index (Phi) is 8.77. The van der Waals surface area contributed by atoms with Crippen LogP contribution < -0.4 is 0 Å². The molecule has 1 rings (SSSR count). The van der Waals surface area contributed by atoms with Crippen molar-refractivity contribution in [2.75, 3.05) is 13.7 Å². The maximum atomic E-state index is 5.39. The van der Waals surface area contributed by atoms with E-state index in [-0.39, 0.29) is 0 Å². The van der Waals surface area contributed by atoms with Crippen LogP contribution >= 0.6 is 0 Å². The van der Waals surface area contributed by atoms with Gasteiger partial charge in [0, 0.05) is 13.7 Å². The summed E-state index contributed by atoms with van der Waals surface area (Å²) in [4.78, 5) is 0. The van der Waals surface area contributed by atoms with E-state index < -0.39 is 0 Å². The van der Waals surface area contributed by atoms with E-state index in [9.17, 15) is 0 Å². The van der Waals surface area contributed by atoms with Gasteiger partial charge >= 0.3 is 0 Å². The lowest BCUT2D eigenvalue weighted by atomic mass is 9.66. The molecule has 0 amide bonds. The molecule has 3 unspecified atom stereocenters.